The number of rotatable bonds is 2. The maximum atomic E-state index is 9.28. The molecule has 1 N–H and O–H groups in total. The number of pyridine rings is 1. The van der Waals surface area contributed by atoms with Crippen LogP contribution in [0, 0.1) is 5.41 Å². The van der Waals surface area contributed by atoms with Crippen LogP contribution in [0.25, 0.3) is 0 Å². The van der Waals surface area contributed by atoms with E-state index in [-0.39, 0.29) is 12.0 Å². The van der Waals surface area contributed by atoms with Crippen LogP contribution in [0.1, 0.15) is 13.3 Å². The van der Waals surface area contributed by atoms with Crippen LogP contribution in [0.4, 0.5) is 5.82 Å². The highest BCUT2D eigenvalue weighted by molar-refractivity contribution is 9.10. The molecule has 1 saturated heterocycles. The number of hydrogen-bond acceptors (Lipinski definition) is 3. The maximum Gasteiger partial charge on any atom is 0.128 e. The zero-order valence-electron chi connectivity index (χ0n) is 8.78. The molecule has 82 valence electrons. The lowest BCUT2D eigenvalue weighted by molar-refractivity contribution is 0.162. The van der Waals surface area contributed by atoms with Gasteiger partial charge in [-0.05, 0) is 34.5 Å². The van der Waals surface area contributed by atoms with Crippen LogP contribution in [-0.4, -0.2) is 29.8 Å². The summed E-state index contributed by atoms with van der Waals surface area (Å²) in [4.78, 5) is 6.58. The van der Waals surface area contributed by atoms with E-state index in [0.717, 1.165) is 29.8 Å². The van der Waals surface area contributed by atoms with Crippen molar-refractivity contribution in [2.45, 2.75) is 13.3 Å². The SMILES string of the molecule is CC1(CO)CCN(c2ccc(Br)cn2)C1. The van der Waals surface area contributed by atoms with Crippen molar-refractivity contribution in [3.8, 4) is 0 Å². The Morgan fingerprint density at radius 1 is 1.60 bits per heavy atom. The van der Waals surface area contributed by atoms with Gasteiger partial charge in [0.25, 0.3) is 0 Å². The van der Waals surface area contributed by atoms with E-state index in [1.165, 1.54) is 0 Å². The smallest absolute Gasteiger partial charge is 0.128 e. The van der Waals surface area contributed by atoms with Gasteiger partial charge in [-0.25, -0.2) is 4.98 Å². The molecule has 0 spiro atoms. The molecule has 1 fully saturated rings. The summed E-state index contributed by atoms with van der Waals surface area (Å²) in [5.74, 6) is 0.996. The third-order valence-corrected chi connectivity index (χ3v) is 3.44. The molecule has 2 rings (SSSR count). The lowest BCUT2D eigenvalue weighted by Gasteiger charge is -2.22. The topological polar surface area (TPSA) is 36.4 Å². The molecule has 3 nitrogen and oxygen atoms in total. The van der Waals surface area contributed by atoms with E-state index >= 15 is 0 Å². The zero-order valence-corrected chi connectivity index (χ0v) is 10.4. The molecule has 1 aromatic heterocycles. The minimum absolute atomic E-state index is 0.0365. The predicted molar refractivity (Wildman–Crippen MR) is 64.0 cm³/mol. The molecule has 1 atom stereocenters. The van der Waals surface area contributed by atoms with E-state index < -0.39 is 0 Å². The molecule has 0 amide bonds. The molecule has 1 aromatic rings. The molecule has 0 bridgehead atoms. The van der Waals surface area contributed by atoms with Crippen LogP contribution >= 0.6 is 15.9 Å². The summed E-state index contributed by atoms with van der Waals surface area (Å²) >= 11 is 3.37. The van der Waals surface area contributed by atoms with Crippen LogP contribution < -0.4 is 4.90 Å². The molecular weight excluding hydrogens is 256 g/mol. The summed E-state index contributed by atoms with van der Waals surface area (Å²) < 4.78 is 0.996. The summed E-state index contributed by atoms with van der Waals surface area (Å²) in [6, 6.07) is 4.00. The van der Waals surface area contributed by atoms with Gasteiger partial charge in [-0.1, -0.05) is 6.92 Å². The first-order chi connectivity index (χ1) is 7.13. The van der Waals surface area contributed by atoms with Crippen molar-refractivity contribution in [2.75, 3.05) is 24.6 Å². The fraction of sp³-hybridized carbons (Fsp3) is 0.545. The number of aliphatic hydroxyl groups excluding tert-OH is 1. The van der Waals surface area contributed by atoms with E-state index in [0.29, 0.717) is 0 Å². The van der Waals surface area contributed by atoms with Crippen molar-refractivity contribution in [1.29, 1.82) is 0 Å². The maximum absolute atomic E-state index is 9.28. The van der Waals surface area contributed by atoms with Crippen molar-refractivity contribution in [3.63, 3.8) is 0 Å². The molecule has 2 heterocycles. The molecule has 0 aromatic carbocycles. The number of anilines is 1. The van der Waals surface area contributed by atoms with E-state index in [9.17, 15) is 5.11 Å². The highest BCUT2D eigenvalue weighted by Gasteiger charge is 2.33. The second-order valence-electron chi connectivity index (χ2n) is 4.47. The van der Waals surface area contributed by atoms with Crippen molar-refractivity contribution >= 4 is 21.7 Å². The van der Waals surface area contributed by atoms with Crippen LogP contribution in [0.5, 0.6) is 0 Å². The number of hydrogen-bond donors (Lipinski definition) is 1. The lowest BCUT2D eigenvalue weighted by atomic mass is 9.91. The number of nitrogens with zero attached hydrogens (tertiary/aromatic N) is 2. The summed E-state index contributed by atoms with van der Waals surface area (Å²) in [5.41, 5.74) is 0.0365. The molecule has 1 aliphatic rings. The Balaban J connectivity index is 2.11. The molecule has 4 heteroatoms. The average molecular weight is 271 g/mol. The molecule has 15 heavy (non-hydrogen) atoms. The van der Waals surface area contributed by atoms with Crippen molar-refractivity contribution in [3.05, 3.63) is 22.8 Å². The second kappa shape index (κ2) is 4.10. The van der Waals surface area contributed by atoms with Gasteiger partial charge in [0.15, 0.2) is 0 Å². The summed E-state index contributed by atoms with van der Waals surface area (Å²) in [6.45, 7) is 4.23. The largest absolute Gasteiger partial charge is 0.396 e. The van der Waals surface area contributed by atoms with Gasteiger partial charge in [-0.2, -0.15) is 0 Å². The van der Waals surface area contributed by atoms with Gasteiger partial charge in [0.1, 0.15) is 5.82 Å². The van der Waals surface area contributed by atoms with Gasteiger partial charge in [-0.3, -0.25) is 0 Å². The van der Waals surface area contributed by atoms with E-state index in [1.807, 2.05) is 18.3 Å². The Bertz CT molecular complexity index is 341. The third-order valence-electron chi connectivity index (χ3n) is 2.98. The Morgan fingerprint density at radius 2 is 2.40 bits per heavy atom. The molecule has 0 radical (unpaired) electrons. The first-order valence-electron chi connectivity index (χ1n) is 5.10. The first-order valence-corrected chi connectivity index (χ1v) is 5.90. The third kappa shape index (κ3) is 2.32. The van der Waals surface area contributed by atoms with E-state index in [1.54, 1.807) is 0 Å². The van der Waals surface area contributed by atoms with Gasteiger partial charge < -0.3 is 10.0 Å². The standard InChI is InChI=1S/C11H15BrN2O/c1-11(8-15)4-5-14(7-11)10-3-2-9(12)6-13-10/h2-3,6,15H,4-5,7-8H2,1H3. The fourth-order valence-corrected chi connectivity index (χ4v) is 2.14. The van der Waals surface area contributed by atoms with Gasteiger partial charge >= 0.3 is 0 Å². The average Bonchev–Trinajstić information content (AvgIpc) is 2.63. The molecule has 1 aliphatic heterocycles. The number of aliphatic hydroxyl groups is 1. The van der Waals surface area contributed by atoms with Gasteiger partial charge in [0.05, 0.1) is 6.61 Å². The number of halogens is 1. The first kappa shape index (κ1) is 10.9. The van der Waals surface area contributed by atoms with Crippen molar-refractivity contribution in [2.24, 2.45) is 5.41 Å². The van der Waals surface area contributed by atoms with Gasteiger partial charge in [-0.15, -0.1) is 0 Å². The lowest BCUT2D eigenvalue weighted by Crippen LogP contribution is -2.27. The van der Waals surface area contributed by atoms with E-state index in [2.05, 4.69) is 32.7 Å². The van der Waals surface area contributed by atoms with Crippen LogP contribution in [-0.2, 0) is 0 Å². The van der Waals surface area contributed by atoms with Crippen LogP contribution in [0.2, 0.25) is 0 Å². The number of aromatic nitrogens is 1. The Morgan fingerprint density at radius 3 is 2.93 bits per heavy atom. The minimum Gasteiger partial charge on any atom is -0.396 e. The molecular formula is C11H15BrN2O. The zero-order chi connectivity index (χ0) is 10.9. The summed E-state index contributed by atoms with van der Waals surface area (Å²) in [6.07, 6.45) is 2.84. The normalized spacial score (nSPS) is 25.9. The Hall–Kier alpha value is -0.610. The molecule has 1 unspecified atom stereocenters. The Labute approximate surface area is 98.3 Å². The monoisotopic (exact) mass is 270 g/mol. The fourth-order valence-electron chi connectivity index (χ4n) is 1.90. The predicted octanol–water partition coefficient (Wildman–Crippen LogP) is 2.05. The van der Waals surface area contributed by atoms with Crippen LogP contribution in [0.15, 0.2) is 22.8 Å². The van der Waals surface area contributed by atoms with E-state index in [4.69, 9.17) is 0 Å². The highest BCUT2D eigenvalue weighted by atomic mass is 79.9. The van der Waals surface area contributed by atoms with Crippen molar-refractivity contribution in [1.82, 2.24) is 4.98 Å². The van der Waals surface area contributed by atoms with Crippen LogP contribution in [0.3, 0.4) is 0 Å². The summed E-state index contributed by atoms with van der Waals surface area (Å²) in [7, 11) is 0. The van der Waals surface area contributed by atoms with Gasteiger partial charge in [0, 0.05) is 29.2 Å². The Kier molecular flexibility index (Phi) is 2.98. The summed E-state index contributed by atoms with van der Waals surface area (Å²) in [5, 5.41) is 9.28. The molecule has 0 saturated carbocycles. The quantitative estimate of drug-likeness (QED) is 0.894. The second-order valence-corrected chi connectivity index (χ2v) is 5.39. The molecule has 0 aliphatic carbocycles. The van der Waals surface area contributed by atoms with Crippen molar-refractivity contribution < 1.29 is 5.11 Å². The minimum atomic E-state index is 0.0365. The van der Waals surface area contributed by atoms with Gasteiger partial charge in [0.2, 0.25) is 0 Å². The highest BCUT2D eigenvalue weighted by Crippen LogP contribution is 2.31.